The molecule has 2 amide bonds. The Morgan fingerprint density at radius 2 is 1.35 bits per heavy atom. The van der Waals surface area contributed by atoms with Crippen LogP contribution in [-0.2, 0) is 16.0 Å². The molecule has 5 nitrogen and oxygen atoms in total. The number of aryl methyl sites for hydroxylation is 1. The molecule has 2 aromatic rings. The number of nitrogens with one attached hydrogen (secondary N) is 2. The molecule has 0 fully saturated rings. The monoisotopic (exact) mass is 312 g/mol. The summed E-state index contributed by atoms with van der Waals surface area (Å²) in [5.41, 5.74) is 2.23. The molecule has 0 unspecified atom stereocenters. The van der Waals surface area contributed by atoms with E-state index in [-0.39, 0.29) is 5.75 Å². The van der Waals surface area contributed by atoms with Crippen LogP contribution in [0.5, 0.6) is 5.75 Å². The molecule has 0 spiro atoms. The fraction of sp³-hybridized carbons (Fsp3) is 0.222. The number of unbranched alkanes of at least 4 members (excludes halogenated alkanes) is 1. The first-order valence-corrected chi connectivity index (χ1v) is 7.59. The lowest BCUT2D eigenvalue weighted by atomic mass is 10.1. The number of hydrogen-bond donors (Lipinski definition) is 3. The number of aromatic hydroxyl groups is 1. The lowest BCUT2D eigenvalue weighted by molar-refractivity contribution is -0.132. The maximum absolute atomic E-state index is 11.9. The minimum atomic E-state index is -0.759. The zero-order valence-electron chi connectivity index (χ0n) is 13.0. The van der Waals surface area contributed by atoms with Gasteiger partial charge in [0.2, 0.25) is 0 Å². The van der Waals surface area contributed by atoms with Gasteiger partial charge in [0.1, 0.15) is 5.75 Å². The molecule has 0 aliphatic heterocycles. The van der Waals surface area contributed by atoms with Gasteiger partial charge in [-0.3, -0.25) is 9.59 Å². The predicted octanol–water partition coefficient (Wildman–Crippen LogP) is 3.31. The third kappa shape index (κ3) is 5.14. The van der Waals surface area contributed by atoms with Crippen molar-refractivity contribution in [2.24, 2.45) is 0 Å². The van der Waals surface area contributed by atoms with Crippen molar-refractivity contribution in [1.29, 1.82) is 0 Å². The summed E-state index contributed by atoms with van der Waals surface area (Å²) in [6.45, 7) is 2.14. The molecule has 23 heavy (non-hydrogen) atoms. The van der Waals surface area contributed by atoms with Gasteiger partial charge < -0.3 is 15.7 Å². The van der Waals surface area contributed by atoms with Crippen LogP contribution >= 0.6 is 0 Å². The SMILES string of the molecule is CCCCc1ccc(NC(=O)C(=O)Nc2ccc(O)cc2)cc1. The third-order valence-electron chi connectivity index (χ3n) is 3.36. The second kappa shape index (κ2) is 7.98. The number of carbonyl (C=O) groups excluding carboxylic acids is 2. The van der Waals surface area contributed by atoms with Crippen molar-refractivity contribution in [3.05, 3.63) is 54.1 Å². The van der Waals surface area contributed by atoms with Gasteiger partial charge in [-0.25, -0.2) is 0 Å². The Morgan fingerprint density at radius 1 is 0.870 bits per heavy atom. The minimum Gasteiger partial charge on any atom is -0.508 e. The van der Waals surface area contributed by atoms with Gasteiger partial charge >= 0.3 is 11.8 Å². The number of phenols is 1. The van der Waals surface area contributed by atoms with Gasteiger partial charge in [-0.05, 0) is 54.8 Å². The van der Waals surface area contributed by atoms with Crippen molar-refractivity contribution in [3.8, 4) is 5.75 Å². The highest BCUT2D eigenvalue weighted by atomic mass is 16.3. The average molecular weight is 312 g/mol. The zero-order chi connectivity index (χ0) is 16.7. The molecule has 2 rings (SSSR count). The van der Waals surface area contributed by atoms with E-state index >= 15 is 0 Å². The Balaban J connectivity index is 1.90. The maximum Gasteiger partial charge on any atom is 0.314 e. The number of amides is 2. The van der Waals surface area contributed by atoms with Gasteiger partial charge in [0, 0.05) is 11.4 Å². The van der Waals surface area contributed by atoms with Crippen LogP contribution in [-0.4, -0.2) is 16.9 Å². The maximum atomic E-state index is 11.9. The lowest BCUT2D eigenvalue weighted by Gasteiger charge is -2.07. The average Bonchev–Trinajstić information content (AvgIpc) is 2.56. The number of anilines is 2. The van der Waals surface area contributed by atoms with Crippen LogP contribution in [0.4, 0.5) is 11.4 Å². The van der Waals surface area contributed by atoms with Crippen LogP contribution in [0.15, 0.2) is 48.5 Å². The van der Waals surface area contributed by atoms with E-state index in [1.807, 2.05) is 12.1 Å². The van der Waals surface area contributed by atoms with Gasteiger partial charge in [-0.2, -0.15) is 0 Å². The molecular weight excluding hydrogens is 292 g/mol. The molecule has 0 heterocycles. The van der Waals surface area contributed by atoms with Crippen molar-refractivity contribution in [2.75, 3.05) is 10.6 Å². The Labute approximate surface area is 135 Å². The molecule has 0 aromatic heterocycles. The van der Waals surface area contributed by atoms with Crippen LogP contribution in [0.3, 0.4) is 0 Å². The van der Waals surface area contributed by atoms with E-state index < -0.39 is 11.8 Å². The van der Waals surface area contributed by atoms with Crippen molar-refractivity contribution in [1.82, 2.24) is 0 Å². The first-order valence-electron chi connectivity index (χ1n) is 7.59. The Morgan fingerprint density at radius 3 is 1.83 bits per heavy atom. The highest BCUT2D eigenvalue weighted by Crippen LogP contribution is 2.14. The van der Waals surface area contributed by atoms with Crippen LogP contribution < -0.4 is 10.6 Å². The Bertz CT molecular complexity index is 664. The largest absolute Gasteiger partial charge is 0.508 e. The summed E-state index contributed by atoms with van der Waals surface area (Å²) in [6, 6.07) is 13.4. The van der Waals surface area contributed by atoms with Crippen LogP contribution in [0, 0.1) is 0 Å². The molecule has 0 saturated heterocycles. The normalized spacial score (nSPS) is 10.1. The summed E-state index contributed by atoms with van der Waals surface area (Å²) >= 11 is 0. The fourth-order valence-corrected chi connectivity index (χ4v) is 2.06. The molecule has 0 bridgehead atoms. The second-order valence-electron chi connectivity index (χ2n) is 5.26. The topological polar surface area (TPSA) is 78.4 Å². The number of benzene rings is 2. The van der Waals surface area contributed by atoms with Gasteiger partial charge in [0.25, 0.3) is 0 Å². The summed E-state index contributed by atoms with van der Waals surface area (Å²) < 4.78 is 0. The molecule has 0 saturated carbocycles. The fourth-order valence-electron chi connectivity index (χ4n) is 2.06. The summed E-state index contributed by atoms with van der Waals surface area (Å²) in [7, 11) is 0. The van der Waals surface area contributed by atoms with E-state index in [1.165, 1.54) is 29.8 Å². The minimum absolute atomic E-state index is 0.0932. The number of hydrogen-bond acceptors (Lipinski definition) is 3. The molecule has 120 valence electrons. The molecule has 2 aromatic carbocycles. The van der Waals surface area contributed by atoms with Gasteiger partial charge in [0.05, 0.1) is 0 Å². The van der Waals surface area contributed by atoms with E-state index in [2.05, 4.69) is 17.6 Å². The standard InChI is InChI=1S/C18H20N2O3/c1-2-3-4-13-5-7-14(8-6-13)19-17(22)18(23)20-15-9-11-16(21)12-10-15/h5-12,21H,2-4H2,1H3,(H,19,22)(H,20,23). The highest BCUT2D eigenvalue weighted by Gasteiger charge is 2.13. The molecular formula is C18H20N2O3. The van der Waals surface area contributed by atoms with E-state index in [0.717, 1.165) is 19.3 Å². The molecule has 5 heteroatoms. The van der Waals surface area contributed by atoms with E-state index in [4.69, 9.17) is 0 Å². The second-order valence-corrected chi connectivity index (χ2v) is 5.26. The number of rotatable bonds is 5. The van der Waals surface area contributed by atoms with Crippen LogP contribution in [0.25, 0.3) is 0 Å². The number of carbonyl (C=O) groups is 2. The van der Waals surface area contributed by atoms with E-state index in [9.17, 15) is 14.7 Å². The van der Waals surface area contributed by atoms with Crippen LogP contribution in [0.2, 0.25) is 0 Å². The third-order valence-corrected chi connectivity index (χ3v) is 3.36. The smallest absolute Gasteiger partial charge is 0.314 e. The first kappa shape index (κ1) is 16.5. The van der Waals surface area contributed by atoms with Gasteiger partial charge in [0.15, 0.2) is 0 Å². The predicted molar refractivity (Wildman–Crippen MR) is 90.4 cm³/mol. The molecule has 0 aliphatic carbocycles. The Hall–Kier alpha value is -2.82. The number of phenolic OH excluding ortho intramolecular Hbond substituents is 1. The van der Waals surface area contributed by atoms with Gasteiger partial charge in [-0.1, -0.05) is 25.5 Å². The van der Waals surface area contributed by atoms with Crippen molar-refractivity contribution in [2.45, 2.75) is 26.2 Å². The summed E-state index contributed by atoms with van der Waals surface area (Å²) in [5.74, 6) is -1.40. The highest BCUT2D eigenvalue weighted by molar-refractivity contribution is 6.43. The molecule has 0 radical (unpaired) electrons. The lowest BCUT2D eigenvalue weighted by Crippen LogP contribution is -2.29. The molecule has 0 aliphatic rings. The van der Waals surface area contributed by atoms with E-state index in [0.29, 0.717) is 11.4 Å². The summed E-state index contributed by atoms with van der Waals surface area (Å²) in [5, 5.41) is 14.2. The molecule has 3 N–H and O–H groups in total. The summed E-state index contributed by atoms with van der Waals surface area (Å²) in [6.07, 6.45) is 3.27. The zero-order valence-corrected chi connectivity index (χ0v) is 13.0. The molecule has 0 atom stereocenters. The van der Waals surface area contributed by atoms with Gasteiger partial charge in [-0.15, -0.1) is 0 Å². The van der Waals surface area contributed by atoms with Crippen LogP contribution in [0.1, 0.15) is 25.3 Å². The van der Waals surface area contributed by atoms with Crippen molar-refractivity contribution < 1.29 is 14.7 Å². The quantitative estimate of drug-likeness (QED) is 0.585. The van der Waals surface area contributed by atoms with Crippen molar-refractivity contribution >= 4 is 23.2 Å². The first-order chi connectivity index (χ1) is 11.1. The van der Waals surface area contributed by atoms with E-state index in [1.54, 1.807) is 12.1 Å². The van der Waals surface area contributed by atoms with Crippen molar-refractivity contribution in [3.63, 3.8) is 0 Å². The Kier molecular flexibility index (Phi) is 5.74. The summed E-state index contributed by atoms with van der Waals surface area (Å²) in [4.78, 5) is 23.7.